The third-order valence-electron chi connectivity index (χ3n) is 5.40. The van der Waals surface area contributed by atoms with E-state index in [-0.39, 0.29) is 12.3 Å². The zero-order chi connectivity index (χ0) is 18.9. The van der Waals surface area contributed by atoms with Crippen LogP contribution < -0.4 is 0 Å². The Morgan fingerprint density at radius 3 is 2.50 bits per heavy atom. The van der Waals surface area contributed by atoms with E-state index in [1.807, 2.05) is 6.08 Å². The first kappa shape index (κ1) is 18.3. The summed E-state index contributed by atoms with van der Waals surface area (Å²) < 4.78 is 0. The van der Waals surface area contributed by atoms with Crippen LogP contribution in [0, 0.1) is 5.41 Å². The molecule has 0 radical (unpaired) electrons. The van der Waals surface area contributed by atoms with E-state index >= 15 is 0 Å². The minimum absolute atomic E-state index is 0.273. The lowest BCUT2D eigenvalue weighted by Gasteiger charge is -2.47. The van der Waals surface area contributed by atoms with Gasteiger partial charge in [-0.25, -0.2) is 0 Å². The highest BCUT2D eigenvalue weighted by Gasteiger charge is 2.55. The van der Waals surface area contributed by atoms with Crippen molar-refractivity contribution in [1.82, 2.24) is 9.80 Å². The number of amides is 2. The van der Waals surface area contributed by atoms with Crippen LogP contribution in [0.15, 0.2) is 42.0 Å². The molecule has 3 rings (SSSR count). The van der Waals surface area contributed by atoms with E-state index < -0.39 is 23.6 Å². The van der Waals surface area contributed by atoms with E-state index in [0.717, 1.165) is 34.6 Å². The van der Waals surface area contributed by atoms with Crippen molar-refractivity contribution in [3.8, 4) is 0 Å². The Balaban J connectivity index is 1.92. The summed E-state index contributed by atoms with van der Waals surface area (Å²) in [5.41, 5.74) is -0.106. The maximum atomic E-state index is 13.2. The molecule has 1 aliphatic carbocycles. The molecule has 6 heteroatoms. The summed E-state index contributed by atoms with van der Waals surface area (Å²) in [6.07, 6.45) is 3.99. The predicted octanol–water partition coefficient (Wildman–Crippen LogP) is 1.95. The fourth-order valence-electron chi connectivity index (χ4n) is 3.74. The molecule has 1 saturated heterocycles. The Hall–Kier alpha value is -2.47. The number of aliphatic hydroxyl groups excluding tert-OH is 1. The van der Waals surface area contributed by atoms with Crippen molar-refractivity contribution in [3.63, 3.8) is 0 Å². The van der Waals surface area contributed by atoms with E-state index in [9.17, 15) is 19.5 Å². The second kappa shape index (κ2) is 7.03. The number of nitrogens with zero attached hydrogens (tertiary/aromatic N) is 2. The number of aliphatic hydroxyl groups is 1. The Kier molecular flexibility index (Phi) is 4.96. The highest BCUT2D eigenvalue weighted by Crippen LogP contribution is 2.40. The van der Waals surface area contributed by atoms with Crippen LogP contribution in [0.3, 0.4) is 0 Å². The molecule has 26 heavy (non-hydrogen) atoms. The number of benzene rings is 1. The van der Waals surface area contributed by atoms with Crippen molar-refractivity contribution < 1.29 is 19.5 Å². The molecule has 0 bridgehead atoms. The summed E-state index contributed by atoms with van der Waals surface area (Å²) in [6.45, 7) is 1.34. The van der Waals surface area contributed by atoms with Crippen LogP contribution in [0.25, 0.3) is 0 Å². The van der Waals surface area contributed by atoms with Gasteiger partial charge >= 0.3 is 0 Å². The first-order valence-electron chi connectivity index (χ1n) is 8.91. The third kappa shape index (κ3) is 2.94. The number of carbonyl (C=O) groups excluding carboxylic acids is 3. The molecule has 2 aliphatic rings. The fourth-order valence-corrected chi connectivity index (χ4v) is 3.74. The lowest BCUT2D eigenvalue weighted by Crippen LogP contribution is -2.67. The van der Waals surface area contributed by atoms with Crippen LogP contribution in [0.1, 0.15) is 43.0 Å². The summed E-state index contributed by atoms with van der Waals surface area (Å²) in [4.78, 5) is 40.9. The number of ketones is 1. The zero-order valence-corrected chi connectivity index (χ0v) is 15.1. The SMILES string of the molecule is CN1C(=O)C(C)(C2=CCCCC2)C(=O)N(CC(=O)c2ccccc2)C1O. The van der Waals surface area contributed by atoms with Crippen LogP contribution in [0.2, 0.25) is 0 Å². The van der Waals surface area contributed by atoms with Gasteiger partial charge in [-0.1, -0.05) is 36.4 Å². The van der Waals surface area contributed by atoms with E-state index in [1.165, 1.54) is 7.05 Å². The largest absolute Gasteiger partial charge is 0.356 e. The summed E-state index contributed by atoms with van der Waals surface area (Å²) >= 11 is 0. The Morgan fingerprint density at radius 2 is 1.88 bits per heavy atom. The van der Waals surface area contributed by atoms with Crippen molar-refractivity contribution in [2.75, 3.05) is 13.6 Å². The zero-order valence-electron chi connectivity index (χ0n) is 15.1. The van der Waals surface area contributed by atoms with Crippen LogP contribution in [0.4, 0.5) is 0 Å². The average Bonchev–Trinajstić information content (AvgIpc) is 2.69. The van der Waals surface area contributed by atoms with Crippen molar-refractivity contribution in [2.24, 2.45) is 5.41 Å². The Bertz CT molecular complexity index is 758. The van der Waals surface area contributed by atoms with Crippen LogP contribution in [-0.2, 0) is 9.59 Å². The van der Waals surface area contributed by atoms with Crippen molar-refractivity contribution >= 4 is 17.6 Å². The molecule has 1 aliphatic heterocycles. The number of hydrogen-bond acceptors (Lipinski definition) is 4. The first-order chi connectivity index (χ1) is 12.4. The molecule has 1 heterocycles. The van der Waals surface area contributed by atoms with Crippen molar-refractivity contribution in [2.45, 2.75) is 39.0 Å². The molecule has 1 aromatic carbocycles. The van der Waals surface area contributed by atoms with Gasteiger partial charge in [0.05, 0.1) is 6.54 Å². The molecule has 1 N–H and O–H groups in total. The second-order valence-corrected chi connectivity index (χ2v) is 7.08. The first-order valence-corrected chi connectivity index (χ1v) is 8.91. The topological polar surface area (TPSA) is 77.9 Å². The molecule has 0 saturated carbocycles. The Morgan fingerprint density at radius 1 is 1.19 bits per heavy atom. The summed E-state index contributed by atoms with van der Waals surface area (Å²) in [7, 11) is 1.46. The summed E-state index contributed by atoms with van der Waals surface area (Å²) in [6, 6.07) is 8.63. The van der Waals surface area contributed by atoms with Gasteiger partial charge in [0.25, 0.3) is 0 Å². The highest BCUT2D eigenvalue weighted by molar-refractivity contribution is 6.11. The van der Waals surface area contributed by atoms with Gasteiger partial charge in [0, 0.05) is 12.6 Å². The molecule has 138 valence electrons. The number of Topliss-reactive ketones (excluding diaryl/α,β-unsaturated/α-hetero) is 1. The molecule has 2 unspecified atom stereocenters. The average molecular weight is 356 g/mol. The number of carbonyl (C=O) groups is 3. The lowest BCUT2D eigenvalue weighted by atomic mass is 9.73. The Labute approximate surface area is 153 Å². The summed E-state index contributed by atoms with van der Waals surface area (Å²) in [5, 5.41) is 10.4. The van der Waals surface area contributed by atoms with Gasteiger partial charge < -0.3 is 10.0 Å². The van der Waals surface area contributed by atoms with E-state index in [4.69, 9.17) is 0 Å². The predicted molar refractivity (Wildman–Crippen MR) is 95.9 cm³/mol. The van der Waals surface area contributed by atoms with Gasteiger partial charge in [-0.3, -0.25) is 19.3 Å². The number of rotatable bonds is 4. The molecule has 6 nitrogen and oxygen atoms in total. The molecule has 0 spiro atoms. The van der Waals surface area contributed by atoms with E-state index in [1.54, 1.807) is 37.3 Å². The molecule has 1 fully saturated rings. The monoisotopic (exact) mass is 356 g/mol. The molecule has 1 aromatic rings. The molecule has 2 amide bonds. The molecular formula is C20H24N2O4. The quantitative estimate of drug-likeness (QED) is 0.508. The minimum atomic E-state index is -1.44. The maximum Gasteiger partial charge on any atom is 0.246 e. The third-order valence-corrected chi connectivity index (χ3v) is 5.40. The standard InChI is InChI=1S/C20H24N2O4/c1-20(15-11-7-4-8-12-15)17(24)21(2)19(26)22(18(20)25)13-16(23)14-9-5-3-6-10-14/h3,5-6,9-11,19,26H,4,7-8,12-13H2,1-2H3. The van der Waals surface area contributed by atoms with Crippen molar-refractivity contribution in [1.29, 1.82) is 0 Å². The van der Waals surface area contributed by atoms with Crippen LogP contribution in [0.5, 0.6) is 0 Å². The van der Waals surface area contributed by atoms with Gasteiger partial charge in [-0.2, -0.15) is 0 Å². The van der Waals surface area contributed by atoms with Gasteiger partial charge in [0.2, 0.25) is 18.2 Å². The van der Waals surface area contributed by atoms with Gasteiger partial charge in [-0.05, 0) is 38.2 Å². The molecular weight excluding hydrogens is 332 g/mol. The lowest BCUT2D eigenvalue weighted by molar-refractivity contribution is -0.190. The normalized spacial score (nSPS) is 26.7. The van der Waals surface area contributed by atoms with E-state index in [0.29, 0.717) is 12.0 Å². The second-order valence-electron chi connectivity index (χ2n) is 7.08. The van der Waals surface area contributed by atoms with E-state index in [2.05, 4.69) is 0 Å². The maximum absolute atomic E-state index is 13.2. The van der Waals surface area contributed by atoms with Crippen LogP contribution in [-0.4, -0.2) is 52.4 Å². The highest BCUT2D eigenvalue weighted by atomic mass is 16.3. The number of hydrogen-bond donors (Lipinski definition) is 1. The van der Waals surface area contributed by atoms with Crippen LogP contribution >= 0.6 is 0 Å². The smallest absolute Gasteiger partial charge is 0.246 e. The fraction of sp³-hybridized carbons (Fsp3) is 0.450. The van der Waals surface area contributed by atoms with Gasteiger partial charge in [-0.15, -0.1) is 0 Å². The molecule has 2 atom stereocenters. The molecule has 0 aromatic heterocycles. The van der Waals surface area contributed by atoms with Crippen molar-refractivity contribution in [3.05, 3.63) is 47.5 Å². The van der Waals surface area contributed by atoms with Gasteiger partial charge in [0.15, 0.2) is 5.78 Å². The number of allylic oxidation sites excluding steroid dienone is 1. The minimum Gasteiger partial charge on any atom is -0.356 e. The summed E-state index contributed by atoms with van der Waals surface area (Å²) in [5.74, 6) is -1.21. The van der Waals surface area contributed by atoms with Gasteiger partial charge in [0.1, 0.15) is 5.41 Å².